The Morgan fingerprint density at radius 3 is 2.48 bits per heavy atom. The van der Waals surface area contributed by atoms with Crippen LogP contribution in [0.2, 0.25) is 0 Å². The largest absolute Gasteiger partial charge is 0.549 e. The number of hydrogen-bond acceptors (Lipinski definition) is 7. The van der Waals surface area contributed by atoms with Crippen molar-refractivity contribution in [3.8, 4) is 34.3 Å². The van der Waals surface area contributed by atoms with E-state index in [4.69, 9.17) is 19.4 Å². The number of hydrogen-bond donors (Lipinski definition) is 3. The number of aryl methyl sites for hydroxylation is 2. The fourth-order valence-electron chi connectivity index (χ4n) is 3.40. The molecular formula is C21H22N2O6. The van der Waals surface area contributed by atoms with Crippen LogP contribution in [0.4, 0.5) is 0 Å². The molecule has 0 unspecified atom stereocenters. The van der Waals surface area contributed by atoms with Gasteiger partial charge in [0.1, 0.15) is 0 Å². The first kappa shape index (κ1) is 20.2. The highest BCUT2D eigenvalue weighted by atomic mass is 16.5. The zero-order valence-electron chi connectivity index (χ0n) is 16.1. The number of carbonyl (C=O) groups is 1. The number of fused-ring (bicyclic) bond motifs is 4. The van der Waals surface area contributed by atoms with E-state index in [1.165, 1.54) is 0 Å². The van der Waals surface area contributed by atoms with Gasteiger partial charge in [0, 0.05) is 19.0 Å². The number of aromatic nitrogens is 1. The highest BCUT2D eigenvalue weighted by molar-refractivity contribution is 5.91. The van der Waals surface area contributed by atoms with Crippen molar-refractivity contribution in [2.24, 2.45) is 5.73 Å². The number of methoxy groups -OCH3 is 2. The molecule has 0 saturated heterocycles. The maximum atomic E-state index is 9.87. The van der Waals surface area contributed by atoms with Crippen molar-refractivity contribution in [1.82, 2.24) is 0 Å². The molecule has 0 spiro atoms. The van der Waals surface area contributed by atoms with Crippen LogP contribution >= 0.6 is 0 Å². The lowest BCUT2D eigenvalue weighted by atomic mass is 9.95. The Morgan fingerprint density at radius 2 is 1.86 bits per heavy atom. The number of carboxylic acids is 1. The molecule has 0 saturated carbocycles. The summed E-state index contributed by atoms with van der Waals surface area (Å²) in [5.74, 6) is 0.0166. The van der Waals surface area contributed by atoms with Crippen LogP contribution in [0.15, 0.2) is 36.5 Å². The zero-order chi connectivity index (χ0) is 21.1. The summed E-state index contributed by atoms with van der Waals surface area (Å²) >= 11 is 0. The van der Waals surface area contributed by atoms with Gasteiger partial charge in [-0.15, -0.1) is 0 Å². The van der Waals surface area contributed by atoms with Crippen LogP contribution in [0, 0.1) is 0 Å². The number of aromatic hydroxyl groups is 2. The number of phenols is 2. The van der Waals surface area contributed by atoms with Gasteiger partial charge < -0.3 is 35.3 Å². The summed E-state index contributed by atoms with van der Waals surface area (Å²) in [5.41, 5.74) is 7.49. The van der Waals surface area contributed by atoms with Crippen molar-refractivity contribution < 1.29 is 34.2 Å². The molecule has 0 fully saturated rings. The number of carboxylic acid groups (broad SMARTS) is 1. The van der Waals surface area contributed by atoms with Gasteiger partial charge in [-0.25, -0.2) is 0 Å². The number of aliphatic carboxylic acids is 1. The number of nitrogens with zero attached hydrogens (tertiary/aromatic N) is 1. The van der Waals surface area contributed by atoms with E-state index in [1.54, 1.807) is 26.4 Å². The summed E-state index contributed by atoms with van der Waals surface area (Å²) in [6.45, 7) is 0.406. The highest BCUT2D eigenvalue weighted by Gasteiger charge is 2.26. The van der Waals surface area contributed by atoms with Gasteiger partial charge >= 0.3 is 0 Å². The van der Waals surface area contributed by atoms with Crippen molar-refractivity contribution in [3.05, 3.63) is 42.1 Å². The van der Waals surface area contributed by atoms with Crippen LogP contribution in [0.5, 0.6) is 23.0 Å². The van der Waals surface area contributed by atoms with Gasteiger partial charge in [0.15, 0.2) is 35.7 Å². The maximum Gasteiger partial charge on any atom is 0.213 e. The Morgan fingerprint density at radius 1 is 1.17 bits per heavy atom. The molecule has 4 N–H and O–H groups in total. The fraction of sp³-hybridized carbons (Fsp3) is 0.238. The molecule has 4 rings (SSSR count). The zero-order valence-corrected chi connectivity index (χ0v) is 16.1. The third-order valence-corrected chi connectivity index (χ3v) is 4.77. The van der Waals surface area contributed by atoms with E-state index in [9.17, 15) is 10.2 Å². The number of nitrogens with two attached hydrogens (primary N) is 1. The molecule has 1 aliphatic rings. The Bertz CT molecular complexity index is 1080. The first-order valence-corrected chi connectivity index (χ1v) is 8.93. The molecule has 0 amide bonds. The molecule has 152 valence electrons. The maximum absolute atomic E-state index is 9.87. The molecule has 0 radical (unpaired) electrons. The highest BCUT2D eigenvalue weighted by Crippen LogP contribution is 2.39. The molecule has 1 aliphatic heterocycles. The van der Waals surface area contributed by atoms with E-state index in [2.05, 4.69) is 22.6 Å². The Balaban J connectivity index is 0.000000431. The number of rotatable bonds is 3. The van der Waals surface area contributed by atoms with Crippen LogP contribution in [-0.2, 0) is 17.8 Å². The number of ether oxygens (including phenoxy) is 2. The number of phenolic OH excluding ortho intramolecular Hbond substituents is 2. The molecule has 8 heteroatoms. The topological polar surface area (TPSA) is 129 Å². The quantitative estimate of drug-likeness (QED) is 0.432. The van der Waals surface area contributed by atoms with Gasteiger partial charge in [0.2, 0.25) is 5.69 Å². The van der Waals surface area contributed by atoms with Gasteiger partial charge in [0.25, 0.3) is 0 Å². The number of pyridine rings is 1. The van der Waals surface area contributed by atoms with E-state index >= 15 is 0 Å². The van der Waals surface area contributed by atoms with Crippen molar-refractivity contribution in [3.63, 3.8) is 0 Å². The lowest BCUT2D eigenvalue weighted by molar-refractivity contribution is -0.686. The first-order valence-electron chi connectivity index (χ1n) is 8.93. The van der Waals surface area contributed by atoms with Crippen molar-refractivity contribution in [2.45, 2.75) is 13.0 Å². The predicted molar refractivity (Wildman–Crippen MR) is 104 cm³/mol. The lowest BCUT2D eigenvalue weighted by Crippen LogP contribution is -2.40. The van der Waals surface area contributed by atoms with Gasteiger partial charge in [-0.3, -0.25) is 0 Å². The van der Waals surface area contributed by atoms with E-state index in [-0.39, 0.29) is 18.0 Å². The van der Waals surface area contributed by atoms with Gasteiger partial charge in [0.05, 0.1) is 31.1 Å². The second-order valence-corrected chi connectivity index (χ2v) is 6.48. The van der Waals surface area contributed by atoms with Gasteiger partial charge in [-0.05, 0) is 35.2 Å². The Labute approximate surface area is 167 Å². The van der Waals surface area contributed by atoms with E-state index in [0.717, 1.165) is 40.6 Å². The van der Waals surface area contributed by atoms with E-state index in [0.29, 0.717) is 11.5 Å². The van der Waals surface area contributed by atoms with Gasteiger partial charge in [-0.1, -0.05) is 0 Å². The average Bonchev–Trinajstić information content (AvgIpc) is 2.72. The van der Waals surface area contributed by atoms with E-state index in [1.807, 2.05) is 12.1 Å². The third kappa shape index (κ3) is 3.88. The average molecular weight is 398 g/mol. The second kappa shape index (κ2) is 8.24. The predicted octanol–water partition coefficient (Wildman–Crippen LogP) is 0.474. The molecule has 0 aliphatic carbocycles. The summed E-state index contributed by atoms with van der Waals surface area (Å²) in [6.07, 6.45) is 2.84. The van der Waals surface area contributed by atoms with Crippen molar-refractivity contribution >= 4 is 16.7 Å². The lowest BCUT2D eigenvalue weighted by Gasteiger charge is -2.17. The van der Waals surface area contributed by atoms with Crippen LogP contribution in [-0.4, -0.2) is 36.9 Å². The minimum atomic E-state index is -1.22. The normalized spacial score (nSPS) is 11.7. The minimum absolute atomic E-state index is 0.0746. The van der Waals surface area contributed by atoms with Crippen LogP contribution in [0.25, 0.3) is 22.0 Å². The van der Waals surface area contributed by atoms with E-state index < -0.39 is 5.97 Å². The molecule has 29 heavy (non-hydrogen) atoms. The summed E-state index contributed by atoms with van der Waals surface area (Å²) in [6, 6.07) is 9.23. The molecule has 8 nitrogen and oxygen atoms in total. The second-order valence-electron chi connectivity index (χ2n) is 6.48. The first-order chi connectivity index (χ1) is 13.9. The summed E-state index contributed by atoms with van der Waals surface area (Å²) < 4.78 is 13.1. The molecule has 2 heterocycles. The Kier molecular flexibility index (Phi) is 5.74. The van der Waals surface area contributed by atoms with Gasteiger partial charge in [-0.2, -0.15) is 4.57 Å². The SMILES string of the molecule is COc1ccc2cc3[n+](cc2c1OC)CCc1cc(O)c(O)cc1-3.NCC(=O)[O-]. The monoisotopic (exact) mass is 398 g/mol. The van der Waals surface area contributed by atoms with Crippen LogP contribution < -0.4 is 24.9 Å². The smallest absolute Gasteiger partial charge is 0.213 e. The number of carbonyl (C=O) groups excluding carboxylic acids is 1. The summed E-state index contributed by atoms with van der Waals surface area (Å²) in [7, 11) is 3.26. The summed E-state index contributed by atoms with van der Waals surface area (Å²) in [4.78, 5) is 9.13. The molecule has 0 bridgehead atoms. The molecule has 2 aromatic carbocycles. The number of benzene rings is 2. The molecule has 3 aromatic rings. The van der Waals surface area contributed by atoms with Crippen LogP contribution in [0.1, 0.15) is 5.56 Å². The molecular weight excluding hydrogens is 376 g/mol. The van der Waals surface area contributed by atoms with Crippen LogP contribution in [0.3, 0.4) is 0 Å². The summed E-state index contributed by atoms with van der Waals surface area (Å²) in [5, 5.41) is 30.7. The Hall–Kier alpha value is -3.52. The molecule has 1 aromatic heterocycles. The molecule has 0 atom stereocenters. The third-order valence-electron chi connectivity index (χ3n) is 4.77. The fourth-order valence-corrected chi connectivity index (χ4v) is 3.40. The van der Waals surface area contributed by atoms with Crippen molar-refractivity contribution in [1.29, 1.82) is 0 Å². The minimum Gasteiger partial charge on any atom is -0.549 e. The standard InChI is InChI=1S/C19H17NO4.C2H5NO2/c1-23-18-4-3-11-7-15-13-9-17(22)16(21)8-12(13)5-6-20(15)10-14(11)19(18)24-2;3-1-2(4)5/h3-4,7-10,22H,5-6H2,1-2H3;1,3H2,(H,4,5). The van der Waals surface area contributed by atoms with Crippen molar-refractivity contribution in [2.75, 3.05) is 20.8 Å².